The maximum absolute atomic E-state index is 13.0. The molecule has 0 spiro atoms. The zero-order chi connectivity index (χ0) is 18.1. The van der Waals surface area contributed by atoms with Crippen LogP contribution in [0.4, 0.5) is 28.1 Å². The third-order valence-corrected chi connectivity index (χ3v) is 4.05. The summed E-state index contributed by atoms with van der Waals surface area (Å²) in [6.07, 6.45) is 3.53. The molecule has 134 valence electrons. The van der Waals surface area contributed by atoms with Crippen LogP contribution in [0.2, 0.25) is 0 Å². The predicted octanol–water partition coefficient (Wildman–Crippen LogP) is 2.51. The summed E-state index contributed by atoms with van der Waals surface area (Å²) in [5, 5.41) is 13.3. The number of nitrogen functional groups attached to an aromatic ring is 1. The van der Waals surface area contributed by atoms with E-state index in [1.165, 1.54) is 18.9 Å². The van der Waals surface area contributed by atoms with E-state index in [-0.39, 0.29) is 29.7 Å². The van der Waals surface area contributed by atoms with E-state index >= 15 is 0 Å². The molecule has 3 heterocycles. The average Bonchev–Trinajstić information content (AvgIpc) is 3.35. The Balaban J connectivity index is 1.48. The van der Waals surface area contributed by atoms with Crippen molar-refractivity contribution in [1.29, 1.82) is 0 Å². The fourth-order valence-electron chi connectivity index (χ4n) is 2.54. The lowest BCUT2D eigenvalue weighted by Crippen LogP contribution is -2.13. The molecule has 26 heavy (non-hydrogen) atoms. The molecule has 0 saturated heterocycles. The Morgan fingerprint density at radius 1 is 1.23 bits per heavy atom. The molecule has 3 aromatic heterocycles. The van der Waals surface area contributed by atoms with Crippen LogP contribution in [0.1, 0.15) is 43.1 Å². The number of anilines is 4. The second-order valence-corrected chi connectivity index (χ2v) is 6.22. The van der Waals surface area contributed by atoms with Gasteiger partial charge in [0.25, 0.3) is 0 Å². The zero-order valence-electron chi connectivity index (χ0n) is 14.1. The first-order valence-electron chi connectivity index (χ1n) is 8.28. The molecule has 0 aliphatic heterocycles. The molecule has 9 nitrogen and oxygen atoms in total. The molecule has 0 radical (unpaired) electrons. The van der Waals surface area contributed by atoms with Crippen molar-refractivity contribution in [3.05, 3.63) is 41.6 Å². The predicted molar refractivity (Wildman–Crippen MR) is 94.3 cm³/mol. The molecule has 0 bridgehead atoms. The molecular formula is C16H18FN9. The summed E-state index contributed by atoms with van der Waals surface area (Å²) >= 11 is 0. The maximum Gasteiger partial charge on any atom is 0.235 e. The highest BCUT2D eigenvalue weighted by Crippen LogP contribution is 2.39. The van der Waals surface area contributed by atoms with Crippen molar-refractivity contribution in [2.24, 2.45) is 0 Å². The number of aromatic nitrogens is 6. The topological polar surface area (TPSA) is 130 Å². The van der Waals surface area contributed by atoms with Gasteiger partial charge in [-0.3, -0.25) is 10.1 Å². The lowest BCUT2D eigenvalue weighted by Gasteiger charge is -2.14. The van der Waals surface area contributed by atoms with E-state index in [1.807, 2.05) is 13.0 Å². The Bertz CT molecular complexity index is 904. The minimum atomic E-state index is -0.388. The molecule has 1 unspecified atom stereocenters. The highest BCUT2D eigenvalue weighted by molar-refractivity contribution is 5.52. The number of nitrogens with zero attached hydrogens (tertiary/aromatic N) is 5. The van der Waals surface area contributed by atoms with Gasteiger partial charge in [0, 0.05) is 17.7 Å². The number of pyridine rings is 1. The van der Waals surface area contributed by atoms with Gasteiger partial charge in [0.2, 0.25) is 17.8 Å². The lowest BCUT2D eigenvalue weighted by molar-refractivity contribution is 0.617. The quantitative estimate of drug-likeness (QED) is 0.530. The molecule has 1 atom stereocenters. The van der Waals surface area contributed by atoms with Gasteiger partial charge in [0.15, 0.2) is 5.82 Å². The summed E-state index contributed by atoms with van der Waals surface area (Å²) in [6.45, 7) is 1.86. The standard InChI is InChI=1S/C16H18FN9/c1-8(11-5-4-10(17)7-19-11)20-15-22-14(18)23-16(24-15)21-13-6-12(25-26-13)9-2-3-9/h4-9H,2-3H2,1H3,(H5,18,20,21,22,23,24,25,26). The van der Waals surface area contributed by atoms with E-state index in [0.717, 1.165) is 11.9 Å². The first kappa shape index (κ1) is 16.2. The van der Waals surface area contributed by atoms with Crippen molar-refractivity contribution in [2.75, 3.05) is 16.4 Å². The van der Waals surface area contributed by atoms with E-state index in [1.54, 1.807) is 6.07 Å². The zero-order valence-corrected chi connectivity index (χ0v) is 14.1. The van der Waals surface area contributed by atoms with Gasteiger partial charge in [-0.2, -0.15) is 20.1 Å². The minimum absolute atomic E-state index is 0.0715. The summed E-state index contributed by atoms with van der Waals surface area (Å²) in [5.41, 5.74) is 7.53. The van der Waals surface area contributed by atoms with Crippen LogP contribution in [-0.2, 0) is 0 Å². The normalized spacial score (nSPS) is 14.8. The van der Waals surface area contributed by atoms with Crippen LogP contribution in [0.3, 0.4) is 0 Å². The highest BCUT2D eigenvalue weighted by Gasteiger charge is 2.25. The molecule has 4 rings (SSSR count). The number of halogens is 1. The van der Waals surface area contributed by atoms with Crippen LogP contribution in [0.5, 0.6) is 0 Å². The number of H-pyrrole nitrogens is 1. The van der Waals surface area contributed by atoms with Gasteiger partial charge in [-0.15, -0.1) is 0 Å². The lowest BCUT2D eigenvalue weighted by atomic mass is 10.2. The first-order chi connectivity index (χ1) is 12.6. The summed E-state index contributed by atoms with van der Waals surface area (Å²) < 4.78 is 13.0. The SMILES string of the molecule is CC(Nc1nc(N)nc(Nc2cc(C3CC3)[nH]n2)n1)c1ccc(F)cn1. The van der Waals surface area contributed by atoms with Gasteiger partial charge in [-0.25, -0.2) is 4.39 Å². The first-order valence-corrected chi connectivity index (χ1v) is 8.28. The van der Waals surface area contributed by atoms with Crippen molar-refractivity contribution < 1.29 is 4.39 Å². The number of nitrogens with two attached hydrogens (primary N) is 1. The number of aromatic amines is 1. The molecular weight excluding hydrogens is 337 g/mol. The van der Waals surface area contributed by atoms with Crippen molar-refractivity contribution in [3.63, 3.8) is 0 Å². The van der Waals surface area contributed by atoms with E-state index in [0.29, 0.717) is 17.4 Å². The van der Waals surface area contributed by atoms with Crippen LogP contribution in [0.25, 0.3) is 0 Å². The molecule has 0 amide bonds. The van der Waals surface area contributed by atoms with Crippen LogP contribution >= 0.6 is 0 Å². The Hall–Kier alpha value is -3.30. The Morgan fingerprint density at radius 2 is 2.04 bits per heavy atom. The van der Waals surface area contributed by atoms with Crippen molar-refractivity contribution in [3.8, 4) is 0 Å². The fourth-order valence-corrected chi connectivity index (χ4v) is 2.54. The number of hydrogen-bond acceptors (Lipinski definition) is 8. The van der Waals surface area contributed by atoms with E-state index in [9.17, 15) is 4.39 Å². The summed E-state index contributed by atoms with van der Waals surface area (Å²) in [4.78, 5) is 16.5. The highest BCUT2D eigenvalue weighted by atomic mass is 19.1. The number of rotatable bonds is 6. The van der Waals surface area contributed by atoms with E-state index < -0.39 is 0 Å². The Kier molecular flexibility index (Phi) is 4.07. The molecule has 0 aromatic carbocycles. The van der Waals surface area contributed by atoms with Gasteiger partial charge in [0.05, 0.1) is 17.9 Å². The molecule has 1 saturated carbocycles. The molecule has 3 aromatic rings. The van der Waals surface area contributed by atoms with Gasteiger partial charge >= 0.3 is 0 Å². The van der Waals surface area contributed by atoms with Gasteiger partial charge in [-0.1, -0.05) is 0 Å². The van der Waals surface area contributed by atoms with Crippen LogP contribution < -0.4 is 16.4 Å². The van der Waals surface area contributed by atoms with Crippen molar-refractivity contribution >= 4 is 23.7 Å². The van der Waals surface area contributed by atoms with Gasteiger partial charge < -0.3 is 16.4 Å². The van der Waals surface area contributed by atoms with Crippen LogP contribution in [0.15, 0.2) is 24.4 Å². The summed E-state index contributed by atoms with van der Waals surface area (Å²) in [5.74, 6) is 1.45. The van der Waals surface area contributed by atoms with E-state index in [4.69, 9.17) is 5.73 Å². The molecule has 1 aliphatic carbocycles. The second-order valence-electron chi connectivity index (χ2n) is 6.22. The molecule has 1 fully saturated rings. The Labute approximate surface area is 148 Å². The van der Waals surface area contributed by atoms with Gasteiger partial charge in [-0.05, 0) is 31.9 Å². The molecule has 10 heteroatoms. The summed E-state index contributed by atoms with van der Waals surface area (Å²) in [7, 11) is 0. The van der Waals surface area contributed by atoms with Crippen LogP contribution in [0, 0.1) is 5.82 Å². The largest absolute Gasteiger partial charge is 0.368 e. The average molecular weight is 355 g/mol. The fraction of sp³-hybridized carbons (Fsp3) is 0.312. The number of nitrogens with one attached hydrogen (secondary N) is 3. The molecule has 5 N–H and O–H groups in total. The smallest absolute Gasteiger partial charge is 0.235 e. The number of hydrogen-bond donors (Lipinski definition) is 4. The maximum atomic E-state index is 13.0. The van der Waals surface area contributed by atoms with Crippen molar-refractivity contribution in [2.45, 2.75) is 31.7 Å². The van der Waals surface area contributed by atoms with Crippen LogP contribution in [-0.4, -0.2) is 30.1 Å². The van der Waals surface area contributed by atoms with Gasteiger partial charge in [0.1, 0.15) is 5.82 Å². The third-order valence-electron chi connectivity index (χ3n) is 4.05. The van der Waals surface area contributed by atoms with Crippen molar-refractivity contribution in [1.82, 2.24) is 30.1 Å². The minimum Gasteiger partial charge on any atom is -0.368 e. The van der Waals surface area contributed by atoms with E-state index in [2.05, 4.69) is 40.8 Å². The monoisotopic (exact) mass is 355 g/mol. The third kappa shape index (κ3) is 3.68. The molecule has 1 aliphatic rings. The Morgan fingerprint density at radius 3 is 2.77 bits per heavy atom. The summed E-state index contributed by atoms with van der Waals surface area (Å²) in [6, 6.07) is 4.65. The second kappa shape index (κ2) is 6.54.